The number of hydrogen-bond donors (Lipinski definition) is 1. The van der Waals surface area contributed by atoms with Crippen LogP contribution in [0.2, 0.25) is 0 Å². The molecular weight excluding hydrogens is 330 g/mol. The van der Waals surface area contributed by atoms with Crippen molar-refractivity contribution in [2.75, 3.05) is 5.32 Å². The molecule has 3 rings (SSSR count). The molecule has 0 aliphatic heterocycles. The van der Waals surface area contributed by atoms with Gasteiger partial charge < -0.3 is 5.32 Å². The highest BCUT2D eigenvalue weighted by molar-refractivity contribution is 8.00. The SMILES string of the molecule is CC(C)n1nccc1NC(=O)[C@@H](C)Sc1ncnc2sccc12. The first-order valence-electron chi connectivity index (χ1n) is 7.25. The molecule has 0 saturated carbocycles. The Balaban J connectivity index is 1.73. The van der Waals surface area contributed by atoms with Gasteiger partial charge in [0, 0.05) is 17.5 Å². The van der Waals surface area contributed by atoms with Crippen LogP contribution in [0.15, 0.2) is 35.1 Å². The Morgan fingerprint density at radius 1 is 1.30 bits per heavy atom. The molecular formula is C15H17N5OS2. The van der Waals surface area contributed by atoms with Crippen molar-refractivity contribution in [2.24, 2.45) is 0 Å². The second-order valence-corrected chi connectivity index (χ2v) is 7.55. The lowest BCUT2D eigenvalue weighted by molar-refractivity contribution is -0.115. The molecule has 0 aliphatic rings. The molecule has 1 atom stereocenters. The maximum absolute atomic E-state index is 12.5. The summed E-state index contributed by atoms with van der Waals surface area (Å²) in [5.41, 5.74) is 0. The minimum Gasteiger partial charge on any atom is -0.310 e. The molecule has 6 nitrogen and oxygen atoms in total. The van der Waals surface area contributed by atoms with Crippen molar-refractivity contribution in [3.05, 3.63) is 30.0 Å². The molecule has 3 aromatic heterocycles. The maximum Gasteiger partial charge on any atom is 0.238 e. The summed E-state index contributed by atoms with van der Waals surface area (Å²) in [6.07, 6.45) is 3.23. The highest BCUT2D eigenvalue weighted by Crippen LogP contribution is 2.30. The lowest BCUT2D eigenvalue weighted by Crippen LogP contribution is -2.24. The topological polar surface area (TPSA) is 72.7 Å². The Kier molecular flexibility index (Phi) is 4.63. The predicted molar refractivity (Wildman–Crippen MR) is 94.0 cm³/mol. The summed E-state index contributed by atoms with van der Waals surface area (Å²) < 4.78 is 1.79. The van der Waals surface area contributed by atoms with E-state index in [-0.39, 0.29) is 17.2 Å². The largest absolute Gasteiger partial charge is 0.310 e. The van der Waals surface area contributed by atoms with Crippen molar-refractivity contribution < 1.29 is 4.79 Å². The van der Waals surface area contributed by atoms with Crippen molar-refractivity contribution in [3.63, 3.8) is 0 Å². The number of carbonyl (C=O) groups excluding carboxylic acids is 1. The monoisotopic (exact) mass is 347 g/mol. The standard InChI is InChI=1S/C15H17N5OS2/c1-9(2)20-12(4-6-18-20)19-13(21)10(3)23-15-11-5-7-22-14(11)16-8-17-15/h4-10H,1-3H3,(H,19,21)/t10-/m1/s1. The molecule has 0 unspecified atom stereocenters. The van der Waals surface area contributed by atoms with Crippen LogP contribution in [-0.2, 0) is 4.79 Å². The number of fused-ring (bicyclic) bond motifs is 1. The van der Waals surface area contributed by atoms with Crippen LogP contribution in [0.25, 0.3) is 10.2 Å². The first kappa shape index (κ1) is 15.9. The quantitative estimate of drug-likeness (QED) is 0.564. The van der Waals surface area contributed by atoms with Gasteiger partial charge in [-0.05, 0) is 32.2 Å². The Labute approximate surface area is 142 Å². The number of hydrogen-bond acceptors (Lipinski definition) is 6. The lowest BCUT2D eigenvalue weighted by atomic mass is 10.4. The minimum absolute atomic E-state index is 0.0700. The highest BCUT2D eigenvalue weighted by Gasteiger charge is 2.19. The van der Waals surface area contributed by atoms with Gasteiger partial charge in [-0.15, -0.1) is 11.3 Å². The van der Waals surface area contributed by atoms with Crippen LogP contribution >= 0.6 is 23.1 Å². The Morgan fingerprint density at radius 2 is 2.13 bits per heavy atom. The third-order valence-electron chi connectivity index (χ3n) is 3.29. The van der Waals surface area contributed by atoms with Crippen molar-refractivity contribution in [1.29, 1.82) is 0 Å². The van der Waals surface area contributed by atoms with Crippen LogP contribution in [-0.4, -0.2) is 30.9 Å². The van der Waals surface area contributed by atoms with E-state index in [4.69, 9.17) is 0 Å². The fraction of sp³-hybridized carbons (Fsp3) is 0.333. The Morgan fingerprint density at radius 3 is 2.91 bits per heavy atom. The molecule has 0 fully saturated rings. The highest BCUT2D eigenvalue weighted by atomic mass is 32.2. The molecule has 8 heteroatoms. The Hall–Kier alpha value is -1.93. The van der Waals surface area contributed by atoms with Gasteiger partial charge in [-0.25, -0.2) is 14.6 Å². The first-order valence-corrected chi connectivity index (χ1v) is 9.01. The number of thioether (sulfide) groups is 1. The van der Waals surface area contributed by atoms with Gasteiger partial charge in [-0.1, -0.05) is 11.8 Å². The molecule has 1 N–H and O–H groups in total. The molecule has 0 radical (unpaired) electrons. The van der Waals surface area contributed by atoms with Crippen molar-refractivity contribution in [1.82, 2.24) is 19.7 Å². The predicted octanol–water partition coefficient (Wildman–Crippen LogP) is 3.59. The molecule has 0 aromatic carbocycles. The van der Waals surface area contributed by atoms with Crippen LogP contribution in [0.4, 0.5) is 5.82 Å². The van der Waals surface area contributed by atoms with E-state index < -0.39 is 0 Å². The van der Waals surface area contributed by atoms with Gasteiger partial charge in [-0.3, -0.25) is 4.79 Å². The third kappa shape index (κ3) is 3.37. The van der Waals surface area contributed by atoms with Crippen LogP contribution in [0.1, 0.15) is 26.8 Å². The number of amides is 1. The average Bonchev–Trinajstić information content (AvgIpc) is 3.16. The molecule has 0 aliphatic carbocycles. The van der Waals surface area contributed by atoms with Gasteiger partial charge in [0.2, 0.25) is 5.91 Å². The van der Waals surface area contributed by atoms with Gasteiger partial charge >= 0.3 is 0 Å². The Bertz CT molecular complexity index is 826. The van der Waals surface area contributed by atoms with Gasteiger partial charge in [0.1, 0.15) is 22.0 Å². The molecule has 0 bridgehead atoms. The normalized spacial score (nSPS) is 12.7. The molecule has 1 amide bonds. The lowest BCUT2D eigenvalue weighted by Gasteiger charge is -2.14. The van der Waals surface area contributed by atoms with Crippen LogP contribution < -0.4 is 5.32 Å². The number of rotatable bonds is 5. The molecule has 3 aromatic rings. The summed E-state index contributed by atoms with van der Waals surface area (Å²) >= 11 is 3.01. The fourth-order valence-corrected chi connectivity index (χ4v) is 3.83. The fourth-order valence-electron chi connectivity index (χ4n) is 2.13. The van der Waals surface area contributed by atoms with Gasteiger partial charge in [0.15, 0.2) is 0 Å². The van der Waals surface area contributed by atoms with Crippen molar-refractivity contribution in [3.8, 4) is 0 Å². The van der Waals surface area contributed by atoms with Crippen LogP contribution in [0.3, 0.4) is 0 Å². The van der Waals surface area contributed by atoms with E-state index in [1.165, 1.54) is 11.8 Å². The van der Waals surface area contributed by atoms with Crippen molar-refractivity contribution in [2.45, 2.75) is 37.1 Å². The number of nitrogens with one attached hydrogen (secondary N) is 1. The summed E-state index contributed by atoms with van der Waals surface area (Å²) in [7, 11) is 0. The number of anilines is 1. The zero-order chi connectivity index (χ0) is 16.4. The van der Waals surface area contributed by atoms with Gasteiger partial charge in [0.05, 0.1) is 11.4 Å². The average molecular weight is 347 g/mol. The van der Waals surface area contributed by atoms with E-state index >= 15 is 0 Å². The van der Waals surface area contributed by atoms with E-state index in [0.717, 1.165) is 15.2 Å². The summed E-state index contributed by atoms with van der Waals surface area (Å²) in [6, 6.07) is 3.98. The zero-order valence-corrected chi connectivity index (χ0v) is 14.7. The molecule has 3 heterocycles. The molecule has 120 valence electrons. The van der Waals surface area contributed by atoms with Crippen LogP contribution in [0.5, 0.6) is 0 Å². The second kappa shape index (κ2) is 6.67. The number of carbonyl (C=O) groups is 1. The van der Waals surface area contributed by atoms with E-state index in [9.17, 15) is 4.79 Å². The summed E-state index contributed by atoms with van der Waals surface area (Å²) in [6.45, 7) is 5.92. The first-order chi connectivity index (χ1) is 11.1. The smallest absolute Gasteiger partial charge is 0.238 e. The van der Waals surface area contributed by atoms with E-state index in [1.54, 1.807) is 34.6 Å². The molecule has 23 heavy (non-hydrogen) atoms. The third-order valence-corrected chi connectivity index (χ3v) is 5.23. The molecule has 0 spiro atoms. The zero-order valence-electron chi connectivity index (χ0n) is 13.1. The van der Waals surface area contributed by atoms with E-state index in [0.29, 0.717) is 5.82 Å². The summed E-state index contributed by atoms with van der Waals surface area (Å²) in [4.78, 5) is 21.9. The number of nitrogens with zero attached hydrogens (tertiary/aromatic N) is 4. The van der Waals surface area contributed by atoms with E-state index in [2.05, 4.69) is 20.4 Å². The second-order valence-electron chi connectivity index (χ2n) is 5.32. The summed E-state index contributed by atoms with van der Waals surface area (Å²) in [5, 5.41) is 10.7. The minimum atomic E-state index is -0.275. The number of aromatic nitrogens is 4. The van der Waals surface area contributed by atoms with Crippen LogP contribution in [0, 0.1) is 0 Å². The van der Waals surface area contributed by atoms with Gasteiger partial charge in [-0.2, -0.15) is 5.10 Å². The summed E-state index contributed by atoms with van der Waals surface area (Å²) in [5.74, 6) is 0.639. The maximum atomic E-state index is 12.5. The van der Waals surface area contributed by atoms with Crippen molar-refractivity contribution >= 4 is 45.0 Å². The van der Waals surface area contributed by atoms with E-state index in [1.807, 2.05) is 32.2 Å². The molecule has 0 saturated heterocycles. The van der Waals surface area contributed by atoms with Gasteiger partial charge in [0.25, 0.3) is 0 Å². The number of thiophene rings is 1.